The second-order valence-electron chi connectivity index (χ2n) is 12.5. The van der Waals surface area contributed by atoms with Crippen LogP contribution in [0.25, 0.3) is 32.9 Å². The zero-order valence-electron chi connectivity index (χ0n) is 24.0. The van der Waals surface area contributed by atoms with Gasteiger partial charge in [-0.25, -0.2) is 8.78 Å². The molecule has 2 aromatic heterocycles. The largest absolute Gasteiger partial charge is 0.508 e. The van der Waals surface area contributed by atoms with Gasteiger partial charge in [0.2, 0.25) is 0 Å². The Hall–Kier alpha value is -3.67. The zero-order valence-corrected chi connectivity index (χ0v) is 24.0. The van der Waals surface area contributed by atoms with Gasteiger partial charge in [0.15, 0.2) is 5.82 Å². The topological polar surface area (TPSA) is 95.9 Å². The minimum Gasteiger partial charge on any atom is -0.508 e. The van der Waals surface area contributed by atoms with Crippen LogP contribution >= 0.6 is 0 Å². The molecule has 4 aromatic rings. The fourth-order valence-electron chi connectivity index (χ4n) is 7.86. The molecule has 6 heterocycles. The molecule has 43 heavy (non-hydrogen) atoms. The minimum atomic E-state index is -0.708. The van der Waals surface area contributed by atoms with Gasteiger partial charge in [-0.2, -0.15) is 9.97 Å². The van der Waals surface area contributed by atoms with Gasteiger partial charge in [0.05, 0.1) is 17.0 Å². The number of pyridine rings is 1. The second-order valence-corrected chi connectivity index (χ2v) is 12.5. The number of hydrogen-bond acceptors (Lipinski definition) is 9. The molecule has 2 N–H and O–H groups in total. The van der Waals surface area contributed by atoms with Gasteiger partial charge in [-0.15, -0.1) is 0 Å². The van der Waals surface area contributed by atoms with Gasteiger partial charge >= 0.3 is 6.01 Å². The van der Waals surface area contributed by atoms with Crippen LogP contribution in [0, 0.1) is 11.6 Å². The molecule has 0 saturated carbocycles. The Morgan fingerprint density at radius 2 is 1.95 bits per heavy atom. The van der Waals surface area contributed by atoms with Crippen LogP contribution in [-0.2, 0) is 4.74 Å². The van der Waals surface area contributed by atoms with Crippen molar-refractivity contribution in [3.63, 3.8) is 0 Å². The molecule has 4 aliphatic rings. The van der Waals surface area contributed by atoms with Crippen LogP contribution in [0.3, 0.4) is 0 Å². The van der Waals surface area contributed by atoms with Gasteiger partial charge in [0, 0.05) is 56.0 Å². The van der Waals surface area contributed by atoms with E-state index in [9.17, 15) is 5.11 Å². The molecule has 2 bridgehead atoms. The Labute approximate surface area is 247 Å². The lowest BCUT2D eigenvalue weighted by atomic mass is 9.94. The van der Waals surface area contributed by atoms with Gasteiger partial charge in [-0.3, -0.25) is 9.88 Å². The van der Waals surface area contributed by atoms with Crippen LogP contribution in [0.1, 0.15) is 32.1 Å². The minimum absolute atomic E-state index is 0.0608. The summed E-state index contributed by atoms with van der Waals surface area (Å²) in [5.41, 5.74) is -0.0281. The molecule has 3 unspecified atom stereocenters. The molecule has 11 heteroatoms. The molecule has 8 rings (SSSR count). The number of nitrogens with one attached hydrogen (secondary N) is 1. The third kappa shape index (κ3) is 4.47. The number of piperazine rings is 1. The number of benzene rings is 2. The van der Waals surface area contributed by atoms with Gasteiger partial charge < -0.3 is 24.8 Å². The first-order valence-electron chi connectivity index (χ1n) is 15.1. The number of rotatable bonds is 6. The average molecular weight is 589 g/mol. The van der Waals surface area contributed by atoms with E-state index in [0.29, 0.717) is 35.3 Å². The number of phenols is 1. The van der Waals surface area contributed by atoms with Crippen molar-refractivity contribution in [3.05, 3.63) is 48.2 Å². The third-order valence-corrected chi connectivity index (χ3v) is 9.90. The van der Waals surface area contributed by atoms with Crippen molar-refractivity contribution in [1.29, 1.82) is 0 Å². The summed E-state index contributed by atoms with van der Waals surface area (Å²) in [5, 5.41) is 15.2. The summed E-state index contributed by atoms with van der Waals surface area (Å²) in [4.78, 5) is 18.6. The van der Waals surface area contributed by atoms with Gasteiger partial charge in [-0.05, 0) is 62.2 Å². The average Bonchev–Trinajstić information content (AvgIpc) is 3.67. The molecule has 9 nitrogen and oxygen atoms in total. The second kappa shape index (κ2) is 10.2. The van der Waals surface area contributed by atoms with Gasteiger partial charge in [0.25, 0.3) is 0 Å². The van der Waals surface area contributed by atoms with Crippen molar-refractivity contribution in [2.75, 3.05) is 44.8 Å². The Kier molecular flexibility index (Phi) is 6.39. The van der Waals surface area contributed by atoms with Gasteiger partial charge in [-0.1, -0.05) is 12.1 Å². The molecule has 0 spiro atoms. The quantitative estimate of drug-likeness (QED) is 0.340. The summed E-state index contributed by atoms with van der Waals surface area (Å²) in [6, 6.07) is 8.12. The Balaban J connectivity index is 1.24. The fraction of sp³-hybridized carbons (Fsp3) is 0.469. The van der Waals surface area contributed by atoms with Crippen molar-refractivity contribution in [2.45, 2.75) is 55.8 Å². The summed E-state index contributed by atoms with van der Waals surface area (Å²) in [7, 11) is 1.75. The van der Waals surface area contributed by atoms with Crippen molar-refractivity contribution in [1.82, 2.24) is 25.2 Å². The summed E-state index contributed by atoms with van der Waals surface area (Å²) in [6.07, 6.45) is 6.82. The number of methoxy groups -OCH3 is 1. The summed E-state index contributed by atoms with van der Waals surface area (Å²) in [5.74, 6) is -0.751. The van der Waals surface area contributed by atoms with E-state index in [2.05, 4.69) is 25.1 Å². The standard InChI is InChI=1S/C32H34F2N6O3/c1-42-22-12-32(8-3-9-40(32)16-22)17-43-31-37-29-24(30(38-31)39-14-19-6-7-20(15-39)36-19)13-35-28(27(29)34)23-11-21(41)10-18-4-2-5-25(33)26(18)23/h2,4-5,10-11,13,19-20,22,36,41H,3,6-9,12,14-17H2,1H3/t19?,20?,22?,32-/m0/s1. The number of nitrogens with zero attached hydrogens (tertiary/aromatic N) is 5. The number of fused-ring (bicyclic) bond motifs is 5. The maximum absolute atomic E-state index is 16.6. The van der Waals surface area contributed by atoms with Crippen LogP contribution in [0.4, 0.5) is 14.6 Å². The van der Waals surface area contributed by atoms with E-state index >= 15 is 8.78 Å². The van der Waals surface area contributed by atoms with E-state index in [1.165, 1.54) is 18.2 Å². The number of phenolic OH excluding ortho intramolecular Hbond substituents is 1. The Morgan fingerprint density at radius 3 is 2.77 bits per heavy atom. The number of ether oxygens (including phenoxy) is 2. The van der Waals surface area contributed by atoms with E-state index in [1.807, 2.05) is 0 Å². The molecule has 224 valence electrons. The first-order valence-corrected chi connectivity index (χ1v) is 15.1. The highest BCUT2D eigenvalue weighted by Crippen LogP contribution is 2.41. The predicted octanol–water partition coefficient (Wildman–Crippen LogP) is 4.40. The lowest BCUT2D eigenvalue weighted by Gasteiger charge is -2.34. The van der Waals surface area contributed by atoms with Crippen LogP contribution in [0.5, 0.6) is 11.8 Å². The smallest absolute Gasteiger partial charge is 0.319 e. The zero-order chi connectivity index (χ0) is 29.3. The number of aromatic hydroxyl groups is 1. The molecule has 2 aromatic carbocycles. The SMILES string of the molecule is COC1CN2CCC[C@@]2(COc2nc(N3CC4CCC(C3)N4)c3cnc(-c4cc(O)cc5cccc(F)c45)c(F)c3n2)C1. The first kappa shape index (κ1) is 26.9. The van der Waals surface area contributed by atoms with Crippen LogP contribution in [-0.4, -0.2) is 88.6 Å². The van der Waals surface area contributed by atoms with E-state index in [0.717, 1.165) is 58.3 Å². The molecule has 4 atom stereocenters. The van der Waals surface area contributed by atoms with Crippen molar-refractivity contribution in [2.24, 2.45) is 0 Å². The van der Waals surface area contributed by atoms with Crippen molar-refractivity contribution in [3.8, 4) is 23.0 Å². The molecule has 4 saturated heterocycles. The Morgan fingerprint density at radius 1 is 1.12 bits per heavy atom. The number of aromatic nitrogens is 3. The predicted molar refractivity (Wildman–Crippen MR) is 158 cm³/mol. The maximum Gasteiger partial charge on any atom is 0.319 e. The monoisotopic (exact) mass is 588 g/mol. The summed E-state index contributed by atoms with van der Waals surface area (Å²) < 4.78 is 43.7. The molecule has 4 fully saturated rings. The molecule has 0 aliphatic carbocycles. The number of halogens is 2. The maximum atomic E-state index is 16.6. The number of anilines is 1. The van der Waals surface area contributed by atoms with Crippen LogP contribution in [0.2, 0.25) is 0 Å². The third-order valence-electron chi connectivity index (χ3n) is 9.90. The highest BCUT2D eigenvalue weighted by molar-refractivity contribution is 6.00. The summed E-state index contributed by atoms with van der Waals surface area (Å²) >= 11 is 0. The molecule has 0 radical (unpaired) electrons. The van der Waals surface area contributed by atoms with E-state index in [-0.39, 0.29) is 45.6 Å². The van der Waals surface area contributed by atoms with Crippen LogP contribution in [0.15, 0.2) is 36.5 Å². The first-order chi connectivity index (χ1) is 20.9. The van der Waals surface area contributed by atoms with E-state index in [4.69, 9.17) is 14.5 Å². The molecule has 0 amide bonds. The van der Waals surface area contributed by atoms with E-state index < -0.39 is 11.6 Å². The van der Waals surface area contributed by atoms with Crippen molar-refractivity contribution >= 4 is 27.5 Å². The normalized spacial score (nSPS) is 27.0. The highest BCUT2D eigenvalue weighted by Gasteiger charge is 2.49. The Bertz CT molecular complexity index is 1730. The summed E-state index contributed by atoms with van der Waals surface area (Å²) in [6.45, 7) is 3.72. The fourth-order valence-corrected chi connectivity index (χ4v) is 7.86. The van der Waals surface area contributed by atoms with Gasteiger partial charge in [0.1, 0.15) is 35.2 Å². The number of hydrogen-bond donors (Lipinski definition) is 2. The van der Waals surface area contributed by atoms with E-state index in [1.54, 1.807) is 25.4 Å². The van der Waals surface area contributed by atoms with Crippen LogP contribution < -0.4 is 15.0 Å². The van der Waals surface area contributed by atoms with Crippen molar-refractivity contribution < 1.29 is 23.4 Å². The lowest BCUT2D eigenvalue weighted by molar-refractivity contribution is 0.0997. The molecular formula is C32H34F2N6O3. The molecular weight excluding hydrogens is 554 g/mol. The highest BCUT2D eigenvalue weighted by atomic mass is 19.1. The lowest BCUT2D eigenvalue weighted by Crippen LogP contribution is -2.51. The molecule has 4 aliphatic heterocycles.